The summed E-state index contributed by atoms with van der Waals surface area (Å²) in [5, 5.41) is 8.24. The lowest BCUT2D eigenvalue weighted by Gasteiger charge is -2.08. The van der Waals surface area contributed by atoms with Crippen LogP contribution < -0.4 is 0 Å². The minimum atomic E-state index is -0.857. The average molecular weight is 150 g/mol. The van der Waals surface area contributed by atoms with E-state index in [-0.39, 0.29) is 6.79 Å². The van der Waals surface area contributed by atoms with Crippen LogP contribution in [-0.2, 0) is 18.7 Å². The van der Waals surface area contributed by atoms with E-state index in [1.165, 1.54) is 14.2 Å². The van der Waals surface area contributed by atoms with Crippen molar-refractivity contribution in [2.24, 2.45) is 0 Å². The van der Waals surface area contributed by atoms with E-state index >= 15 is 0 Å². The molecule has 0 unspecified atom stereocenters. The van der Waals surface area contributed by atoms with Gasteiger partial charge in [0.25, 0.3) is 0 Å². The molecule has 0 rings (SSSR count). The summed E-state index contributed by atoms with van der Waals surface area (Å²) in [6, 6.07) is 0. The Labute approximate surface area is 60.0 Å². The Morgan fingerprint density at radius 3 is 2.40 bits per heavy atom. The first-order valence-electron chi connectivity index (χ1n) is 2.71. The van der Waals surface area contributed by atoms with Gasteiger partial charge in [-0.25, -0.2) is 0 Å². The highest BCUT2D eigenvalue weighted by Gasteiger charge is 2.17. The zero-order valence-electron chi connectivity index (χ0n) is 6.07. The van der Waals surface area contributed by atoms with Gasteiger partial charge in [0.15, 0.2) is 0 Å². The van der Waals surface area contributed by atoms with Gasteiger partial charge in [-0.2, -0.15) is 0 Å². The summed E-state index contributed by atoms with van der Waals surface area (Å²) in [5.74, 6) is 0. The van der Waals surface area contributed by atoms with Gasteiger partial charge in [0.2, 0.25) is 0 Å². The van der Waals surface area contributed by atoms with Gasteiger partial charge in [0, 0.05) is 14.2 Å². The van der Waals surface area contributed by atoms with E-state index in [0.717, 1.165) is 0 Å². The summed E-state index contributed by atoms with van der Waals surface area (Å²) < 4.78 is 18.4. The standard InChI is InChI=1S/C4H11BO5/c1-7-4-10-5(8-2)9-3-6/h6H,3-4H2,1-2H3. The Kier molecular flexibility index (Phi) is 6.88. The Balaban J connectivity index is 3.21. The largest absolute Gasteiger partial charge is 0.642 e. The molecule has 0 aromatic carbocycles. The van der Waals surface area contributed by atoms with Crippen molar-refractivity contribution in [3.63, 3.8) is 0 Å². The smallest absolute Gasteiger partial charge is 0.389 e. The van der Waals surface area contributed by atoms with Crippen molar-refractivity contribution in [3.05, 3.63) is 0 Å². The molecule has 0 fully saturated rings. The first-order valence-corrected chi connectivity index (χ1v) is 2.71. The molecule has 0 heterocycles. The quantitative estimate of drug-likeness (QED) is 0.397. The lowest BCUT2D eigenvalue weighted by atomic mass is 10.2. The number of methoxy groups -OCH3 is 1. The number of hydrogen-bond acceptors (Lipinski definition) is 5. The minimum Gasteiger partial charge on any atom is -0.389 e. The van der Waals surface area contributed by atoms with E-state index < -0.39 is 14.1 Å². The van der Waals surface area contributed by atoms with Crippen LogP contribution in [-0.4, -0.2) is 40.2 Å². The van der Waals surface area contributed by atoms with Gasteiger partial charge in [-0.15, -0.1) is 0 Å². The fourth-order valence-electron chi connectivity index (χ4n) is 0.369. The molecule has 6 heteroatoms. The summed E-state index contributed by atoms with van der Waals surface area (Å²) >= 11 is 0. The number of aliphatic hydroxyl groups excluding tert-OH is 1. The SMILES string of the molecule is COCOB(OC)OCO. The van der Waals surface area contributed by atoms with E-state index in [9.17, 15) is 0 Å². The maximum absolute atomic E-state index is 8.24. The molecule has 0 amide bonds. The highest BCUT2D eigenvalue weighted by molar-refractivity contribution is 6.36. The second-order valence-electron chi connectivity index (χ2n) is 1.39. The van der Waals surface area contributed by atoms with Crippen molar-refractivity contribution in [2.45, 2.75) is 0 Å². The second kappa shape index (κ2) is 6.98. The van der Waals surface area contributed by atoms with Crippen LogP contribution >= 0.6 is 0 Å². The molecule has 0 atom stereocenters. The van der Waals surface area contributed by atoms with E-state index in [2.05, 4.69) is 14.0 Å². The second-order valence-corrected chi connectivity index (χ2v) is 1.39. The zero-order valence-corrected chi connectivity index (χ0v) is 6.07. The third-order valence-corrected chi connectivity index (χ3v) is 0.725. The van der Waals surface area contributed by atoms with Crippen molar-refractivity contribution < 1.29 is 23.8 Å². The van der Waals surface area contributed by atoms with Crippen LogP contribution in [0.1, 0.15) is 0 Å². The summed E-state index contributed by atoms with van der Waals surface area (Å²) in [4.78, 5) is 0. The predicted octanol–water partition coefficient (Wildman–Crippen LogP) is -0.795. The van der Waals surface area contributed by atoms with Crippen LogP contribution in [0.4, 0.5) is 0 Å². The number of rotatable bonds is 6. The molecule has 0 aliphatic heterocycles. The number of aliphatic hydroxyl groups is 1. The van der Waals surface area contributed by atoms with Gasteiger partial charge in [-0.1, -0.05) is 0 Å². The monoisotopic (exact) mass is 150 g/mol. The number of ether oxygens (including phenoxy) is 1. The first kappa shape index (κ1) is 9.86. The van der Waals surface area contributed by atoms with Crippen LogP contribution in [0.25, 0.3) is 0 Å². The van der Waals surface area contributed by atoms with Crippen molar-refractivity contribution in [2.75, 3.05) is 27.8 Å². The molecule has 0 saturated carbocycles. The molecule has 0 saturated heterocycles. The molecule has 0 radical (unpaired) electrons. The topological polar surface area (TPSA) is 57.2 Å². The molecule has 0 bridgehead atoms. The lowest BCUT2D eigenvalue weighted by molar-refractivity contribution is -0.0240. The van der Waals surface area contributed by atoms with E-state index in [0.29, 0.717) is 0 Å². The Morgan fingerprint density at radius 2 is 2.00 bits per heavy atom. The molecule has 10 heavy (non-hydrogen) atoms. The van der Waals surface area contributed by atoms with Gasteiger partial charge in [-0.05, 0) is 0 Å². The van der Waals surface area contributed by atoms with E-state index in [1.807, 2.05) is 0 Å². The zero-order chi connectivity index (χ0) is 7.82. The van der Waals surface area contributed by atoms with Crippen LogP contribution in [0.15, 0.2) is 0 Å². The summed E-state index contributed by atoms with van der Waals surface area (Å²) in [5.41, 5.74) is 0. The fourth-order valence-corrected chi connectivity index (χ4v) is 0.369. The van der Waals surface area contributed by atoms with Gasteiger partial charge in [0.05, 0.1) is 0 Å². The summed E-state index contributed by atoms with van der Waals surface area (Å²) in [7, 11) is 2.02. The highest BCUT2D eigenvalue weighted by Crippen LogP contribution is 1.88. The van der Waals surface area contributed by atoms with Crippen LogP contribution in [0.2, 0.25) is 0 Å². The van der Waals surface area contributed by atoms with Crippen LogP contribution in [0.3, 0.4) is 0 Å². The molecule has 0 aliphatic carbocycles. The lowest BCUT2D eigenvalue weighted by Crippen LogP contribution is -2.26. The molecule has 60 valence electrons. The maximum Gasteiger partial charge on any atom is 0.642 e. The third-order valence-electron chi connectivity index (χ3n) is 0.725. The van der Waals surface area contributed by atoms with Crippen molar-refractivity contribution in [1.29, 1.82) is 0 Å². The van der Waals surface area contributed by atoms with Crippen molar-refractivity contribution in [1.82, 2.24) is 0 Å². The molecule has 0 aliphatic rings. The summed E-state index contributed by atoms with van der Waals surface area (Å²) in [6.07, 6.45) is 0. The normalized spacial score (nSPS) is 9.90. The molecule has 5 nitrogen and oxygen atoms in total. The van der Waals surface area contributed by atoms with Gasteiger partial charge in [0.1, 0.15) is 13.6 Å². The molecule has 1 N–H and O–H groups in total. The Bertz CT molecular complexity index is 70.7. The molecule has 0 aromatic rings. The molecule has 0 aromatic heterocycles. The van der Waals surface area contributed by atoms with Crippen molar-refractivity contribution >= 4 is 7.32 Å². The van der Waals surface area contributed by atoms with E-state index in [4.69, 9.17) is 9.76 Å². The average Bonchev–Trinajstić information content (AvgIpc) is 1.98. The van der Waals surface area contributed by atoms with Crippen molar-refractivity contribution in [3.8, 4) is 0 Å². The predicted molar refractivity (Wildman–Crippen MR) is 33.9 cm³/mol. The molecular weight excluding hydrogens is 139 g/mol. The van der Waals surface area contributed by atoms with Gasteiger partial charge >= 0.3 is 7.32 Å². The highest BCUT2D eigenvalue weighted by atomic mass is 16.8. The summed E-state index contributed by atoms with van der Waals surface area (Å²) in [6.45, 7) is -0.374. The van der Waals surface area contributed by atoms with Gasteiger partial charge in [-0.3, -0.25) is 0 Å². The Morgan fingerprint density at radius 1 is 1.30 bits per heavy atom. The fraction of sp³-hybridized carbons (Fsp3) is 1.00. The molecule has 0 spiro atoms. The van der Waals surface area contributed by atoms with Gasteiger partial charge < -0.3 is 23.8 Å². The van der Waals surface area contributed by atoms with Crippen LogP contribution in [0, 0.1) is 0 Å². The first-order chi connectivity index (χ1) is 4.85. The van der Waals surface area contributed by atoms with E-state index in [1.54, 1.807) is 0 Å². The van der Waals surface area contributed by atoms with Crippen LogP contribution in [0.5, 0.6) is 0 Å². The maximum atomic E-state index is 8.24. The third kappa shape index (κ3) is 4.72. The Hall–Kier alpha value is -0.135. The number of hydrogen-bond donors (Lipinski definition) is 1. The minimum absolute atomic E-state index is 0.0680. The molecular formula is C4H11BO5.